The zero-order chi connectivity index (χ0) is 19.9. The Bertz CT molecular complexity index is 995. The molecule has 1 unspecified atom stereocenters. The molecule has 0 radical (unpaired) electrons. The molecular weight excluding hydrogens is 358 g/mol. The Labute approximate surface area is 164 Å². The highest BCUT2D eigenvalue weighted by Crippen LogP contribution is 2.28. The molecule has 27 heavy (non-hydrogen) atoms. The van der Waals surface area contributed by atoms with Crippen LogP contribution in [0.1, 0.15) is 46.3 Å². The standard InChI is InChI=1S/C20H27N5OS/c1-11-8-17(18-10-27-16(6)22-18)14(4)25(11)9-19(26)21-12(2)20-13(3)23-24(7)15(20)5/h8,10,12H,9H2,1-7H3,(H,21,26). The summed E-state index contributed by atoms with van der Waals surface area (Å²) in [5.74, 6) is -0.00652. The van der Waals surface area contributed by atoms with Crippen LogP contribution < -0.4 is 5.32 Å². The van der Waals surface area contributed by atoms with E-state index in [2.05, 4.69) is 31.4 Å². The summed E-state index contributed by atoms with van der Waals surface area (Å²) in [4.78, 5) is 17.3. The Balaban J connectivity index is 1.77. The normalized spacial score (nSPS) is 12.4. The Morgan fingerprint density at radius 1 is 1.22 bits per heavy atom. The van der Waals surface area contributed by atoms with Crippen molar-refractivity contribution in [3.63, 3.8) is 0 Å². The third-order valence-electron chi connectivity index (χ3n) is 5.15. The molecule has 3 aromatic rings. The molecule has 0 aliphatic heterocycles. The van der Waals surface area contributed by atoms with Crippen molar-refractivity contribution in [1.82, 2.24) is 24.6 Å². The molecule has 3 heterocycles. The molecule has 6 nitrogen and oxygen atoms in total. The van der Waals surface area contributed by atoms with E-state index < -0.39 is 0 Å². The van der Waals surface area contributed by atoms with Crippen LogP contribution in [0.4, 0.5) is 0 Å². The molecule has 1 atom stereocenters. The van der Waals surface area contributed by atoms with Gasteiger partial charge in [-0.15, -0.1) is 11.3 Å². The first kappa shape index (κ1) is 19.4. The second-order valence-corrected chi connectivity index (χ2v) is 8.18. The lowest BCUT2D eigenvalue weighted by molar-refractivity contribution is -0.122. The number of carbonyl (C=O) groups is 1. The van der Waals surface area contributed by atoms with Crippen molar-refractivity contribution in [2.45, 2.75) is 54.1 Å². The van der Waals surface area contributed by atoms with Crippen LogP contribution in [-0.4, -0.2) is 25.2 Å². The lowest BCUT2D eigenvalue weighted by Crippen LogP contribution is -2.31. The smallest absolute Gasteiger partial charge is 0.240 e. The Morgan fingerprint density at radius 3 is 2.48 bits per heavy atom. The molecule has 0 aliphatic carbocycles. The van der Waals surface area contributed by atoms with Crippen LogP contribution in [0.15, 0.2) is 11.4 Å². The molecular formula is C20H27N5OS. The van der Waals surface area contributed by atoms with E-state index in [1.807, 2.05) is 53.3 Å². The minimum absolute atomic E-state index is 0.00652. The first-order valence-corrected chi connectivity index (χ1v) is 9.95. The van der Waals surface area contributed by atoms with Crippen LogP contribution in [0.25, 0.3) is 11.3 Å². The number of amides is 1. The largest absolute Gasteiger partial charge is 0.348 e. The summed E-state index contributed by atoms with van der Waals surface area (Å²) in [7, 11) is 1.93. The van der Waals surface area contributed by atoms with Gasteiger partial charge in [0.2, 0.25) is 5.91 Å². The first-order chi connectivity index (χ1) is 12.7. The molecule has 3 aromatic heterocycles. The first-order valence-electron chi connectivity index (χ1n) is 9.07. The fourth-order valence-electron chi connectivity index (χ4n) is 3.71. The molecule has 144 valence electrons. The van der Waals surface area contributed by atoms with Crippen molar-refractivity contribution >= 4 is 17.2 Å². The summed E-state index contributed by atoms with van der Waals surface area (Å²) in [5, 5.41) is 10.7. The van der Waals surface area contributed by atoms with Crippen molar-refractivity contribution in [3.8, 4) is 11.3 Å². The minimum atomic E-state index is -0.0805. The number of nitrogens with one attached hydrogen (secondary N) is 1. The average molecular weight is 386 g/mol. The Morgan fingerprint density at radius 2 is 1.93 bits per heavy atom. The fraction of sp³-hybridized carbons (Fsp3) is 0.450. The summed E-state index contributed by atoms with van der Waals surface area (Å²) < 4.78 is 3.91. The summed E-state index contributed by atoms with van der Waals surface area (Å²) in [5.41, 5.74) is 7.32. The van der Waals surface area contributed by atoms with Crippen molar-refractivity contribution in [1.29, 1.82) is 0 Å². The third kappa shape index (κ3) is 3.69. The van der Waals surface area contributed by atoms with Gasteiger partial charge in [0.25, 0.3) is 0 Å². The highest BCUT2D eigenvalue weighted by atomic mass is 32.1. The zero-order valence-corrected chi connectivity index (χ0v) is 17.9. The maximum absolute atomic E-state index is 12.7. The minimum Gasteiger partial charge on any atom is -0.348 e. The van der Waals surface area contributed by atoms with Crippen LogP contribution in [0.2, 0.25) is 0 Å². The highest BCUT2D eigenvalue weighted by Gasteiger charge is 2.20. The van der Waals surface area contributed by atoms with E-state index in [0.717, 1.165) is 44.6 Å². The van der Waals surface area contributed by atoms with Crippen molar-refractivity contribution in [3.05, 3.63) is 44.8 Å². The number of hydrogen-bond donors (Lipinski definition) is 1. The van der Waals surface area contributed by atoms with Gasteiger partial charge in [-0.05, 0) is 47.6 Å². The van der Waals surface area contributed by atoms with E-state index in [1.165, 1.54) is 0 Å². The second kappa shape index (κ2) is 7.31. The van der Waals surface area contributed by atoms with Crippen LogP contribution >= 0.6 is 11.3 Å². The summed E-state index contributed by atoms with van der Waals surface area (Å²) in [6.07, 6.45) is 0. The Kier molecular flexibility index (Phi) is 5.24. The maximum Gasteiger partial charge on any atom is 0.240 e. The number of aromatic nitrogens is 4. The zero-order valence-electron chi connectivity index (χ0n) is 17.0. The van der Waals surface area contributed by atoms with Gasteiger partial charge in [-0.2, -0.15) is 5.10 Å². The molecule has 1 N–H and O–H groups in total. The van der Waals surface area contributed by atoms with Gasteiger partial charge < -0.3 is 9.88 Å². The van der Waals surface area contributed by atoms with Gasteiger partial charge in [0.1, 0.15) is 6.54 Å². The van der Waals surface area contributed by atoms with E-state index >= 15 is 0 Å². The molecule has 0 fully saturated rings. The lowest BCUT2D eigenvalue weighted by Gasteiger charge is -2.16. The Hall–Kier alpha value is -2.41. The molecule has 0 aromatic carbocycles. The molecule has 1 amide bonds. The molecule has 7 heteroatoms. The summed E-state index contributed by atoms with van der Waals surface area (Å²) >= 11 is 1.64. The molecule has 0 aliphatic rings. The van der Waals surface area contributed by atoms with Crippen LogP contribution in [0, 0.1) is 34.6 Å². The van der Waals surface area contributed by atoms with Crippen LogP contribution in [0.3, 0.4) is 0 Å². The van der Waals surface area contributed by atoms with Gasteiger partial charge >= 0.3 is 0 Å². The van der Waals surface area contributed by atoms with Crippen molar-refractivity contribution in [2.24, 2.45) is 7.05 Å². The molecule has 0 saturated carbocycles. The van der Waals surface area contributed by atoms with Gasteiger partial charge in [-0.25, -0.2) is 4.98 Å². The fourth-order valence-corrected chi connectivity index (χ4v) is 4.32. The SMILES string of the molecule is Cc1nc(-c2cc(C)n(CC(=O)NC(C)c3c(C)nn(C)c3C)c2C)cs1. The topological polar surface area (TPSA) is 64.7 Å². The van der Waals surface area contributed by atoms with E-state index in [1.54, 1.807) is 11.3 Å². The maximum atomic E-state index is 12.7. The van der Waals surface area contributed by atoms with E-state index in [4.69, 9.17) is 0 Å². The monoisotopic (exact) mass is 385 g/mol. The quantitative estimate of drug-likeness (QED) is 0.727. The molecule has 0 spiro atoms. The van der Waals surface area contributed by atoms with Gasteiger partial charge in [-0.3, -0.25) is 9.48 Å². The number of carbonyl (C=O) groups excluding carboxylic acids is 1. The summed E-state index contributed by atoms with van der Waals surface area (Å²) in [6.45, 7) is 12.4. The van der Waals surface area contributed by atoms with Crippen molar-refractivity contribution in [2.75, 3.05) is 0 Å². The predicted molar refractivity (Wildman–Crippen MR) is 109 cm³/mol. The summed E-state index contributed by atoms with van der Waals surface area (Å²) in [6, 6.07) is 2.03. The molecule has 0 saturated heterocycles. The third-order valence-corrected chi connectivity index (χ3v) is 5.92. The van der Waals surface area contributed by atoms with Gasteiger partial charge in [0.05, 0.1) is 22.4 Å². The number of thiazole rings is 1. The van der Waals surface area contributed by atoms with E-state index in [0.29, 0.717) is 6.54 Å². The van der Waals surface area contributed by atoms with Crippen LogP contribution in [-0.2, 0) is 18.4 Å². The van der Waals surface area contributed by atoms with Gasteiger partial charge in [0.15, 0.2) is 0 Å². The van der Waals surface area contributed by atoms with E-state index in [9.17, 15) is 4.79 Å². The molecule has 3 rings (SSSR count). The van der Waals surface area contributed by atoms with E-state index in [-0.39, 0.29) is 11.9 Å². The number of aryl methyl sites for hydroxylation is 4. The lowest BCUT2D eigenvalue weighted by atomic mass is 10.1. The highest BCUT2D eigenvalue weighted by molar-refractivity contribution is 7.09. The van der Waals surface area contributed by atoms with Crippen LogP contribution in [0.5, 0.6) is 0 Å². The number of rotatable bonds is 5. The van der Waals surface area contributed by atoms with Gasteiger partial charge in [-0.1, -0.05) is 0 Å². The van der Waals surface area contributed by atoms with Crippen molar-refractivity contribution < 1.29 is 4.79 Å². The van der Waals surface area contributed by atoms with Gasteiger partial charge in [0, 0.05) is 40.6 Å². The molecule has 0 bridgehead atoms. The predicted octanol–water partition coefficient (Wildman–Crippen LogP) is 3.76. The second-order valence-electron chi connectivity index (χ2n) is 7.12. The average Bonchev–Trinajstić information content (AvgIpc) is 3.20. The number of nitrogens with zero attached hydrogens (tertiary/aromatic N) is 4. The number of hydrogen-bond acceptors (Lipinski definition) is 4.